The Hall–Kier alpha value is -1.86. The molecule has 0 aliphatic carbocycles. The highest BCUT2D eigenvalue weighted by Crippen LogP contribution is 2.14. The molecular weight excluding hydrogens is 294 g/mol. The minimum absolute atomic E-state index is 0.0198. The van der Waals surface area contributed by atoms with Crippen LogP contribution in [0.4, 0.5) is 0 Å². The van der Waals surface area contributed by atoms with Crippen LogP contribution in [0.2, 0.25) is 0 Å². The van der Waals surface area contributed by atoms with Crippen LogP contribution in [0.15, 0.2) is 18.3 Å². The van der Waals surface area contributed by atoms with Gasteiger partial charge in [0.15, 0.2) is 0 Å². The summed E-state index contributed by atoms with van der Waals surface area (Å²) < 4.78 is 1.83. The van der Waals surface area contributed by atoms with Crippen LogP contribution in [0.3, 0.4) is 0 Å². The van der Waals surface area contributed by atoms with Crippen molar-refractivity contribution >= 4 is 11.8 Å². The number of carbonyl (C=O) groups excluding carboxylic acids is 2. The quantitative estimate of drug-likeness (QED) is 0.733. The Morgan fingerprint density at radius 3 is 2.70 bits per heavy atom. The van der Waals surface area contributed by atoms with Gasteiger partial charge in [-0.15, -0.1) is 0 Å². The van der Waals surface area contributed by atoms with Gasteiger partial charge in [-0.05, 0) is 31.9 Å². The first-order valence-electron chi connectivity index (χ1n) is 8.24. The van der Waals surface area contributed by atoms with Crippen LogP contribution in [-0.4, -0.2) is 52.7 Å². The van der Waals surface area contributed by atoms with Gasteiger partial charge in [-0.1, -0.05) is 0 Å². The summed E-state index contributed by atoms with van der Waals surface area (Å²) in [5.74, 6) is 0.0778. The fourth-order valence-electron chi connectivity index (χ4n) is 3.31. The first kappa shape index (κ1) is 16.0. The number of carbonyl (C=O) groups is 2. The van der Waals surface area contributed by atoms with Crippen molar-refractivity contribution < 1.29 is 9.59 Å². The van der Waals surface area contributed by atoms with E-state index in [0.717, 1.165) is 25.9 Å². The molecule has 0 bridgehead atoms. The lowest BCUT2D eigenvalue weighted by atomic mass is 10.0. The highest BCUT2D eigenvalue weighted by molar-refractivity contribution is 5.92. The lowest BCUT2D eigenvalue weighted by Gasteiger charge is -2.41. The second-order valence-electron chi connectivity index (χ2n) is 6.53. The van der Waals surface area contributed by atoms with Gasteiger partial charge in [-0.3, -0.25) is 19.8 Å². The standard InChI is InChI=1S/C16H25N5O2/c1-11-10-14(22)19-16(17-11)21-8-5-12(6-9-21)18-15(23)13-4-3-7-20(13)2/h3-4,7,11-12,16-17H,5-6,8-10H2,1-2H3,(H,18,23)(H,19,22). The van der Waals surface area contributed by atoms with Crippen LogP contribution in [0.5, 0.6) is 0 Å². The molecule has 7 nitrogen and oxygen atoms in total. The van der Waals surface area contributed by atoms with E-state index >= 15 is 0 Å². The molecule has 2 saturated heterocycles. The first-order valence-corrected chi connectivity index (χ1v) is 8.24. The molecule has 3 N–H and O–H groups in total. The molecule has 3 heterocycles. The molecule has 2 amide bonds. The summed E-state index contributed by atoms with van der Waals surface area (Å²) in [4.78, 5) is 26.1. The number of rotatable bonds is 3. The molecule has 1 aromatic rings. The number of piperidine rings is 1. The van der Waals surface area contributed by atoms with E-state index < -0.39 is 0 Å². The molecular formula is C16H25N5O2. The average molecular weight is 319 g/mol. The van der Waals surface area contributed by atoms with Crippen molar-refractivity contribution in [2.24, 2.45) is 7.05 Å². The van der Waals surface area contributed by atoms with Crippen molar-refractivity contribution in [1.82, 2.24) is 25.4 Å². The molecule has 2 aliphatic rings. The van der Waals surface area contributed by atoms with Crippen molar-refractivity contribution in [3.63, 3.8) is 0 Å². The third kappa shape index (κ3) is 3.73. The van der Waals surface area contributed by atoms with Gasteiger partial charge in [0.05, 0.1) is 0 Å². The zero-order chi connectivity index (χ0) is 16.4. The minimum atomic E-state index is -0.0872. The molecule has 126 valence electrons. The Bertz CT molecular complexity index is 577. The van der Waals surface area contributed by atoms with Crippen LogP contribution in [-0.2, 0) is 11.8 Å². The van der Waals surface area contributed by atoms with Gasteiger partial charge in [0.2, 0.25) is 5.91 Å². The molecule has 2 atom stereocenters. The van der Waals surface area contributed by atoms with Crippen LogP contribution < -0.4 is 16.0 Å². The smallest absolute Gasteiger partial charge is 0.268 e. The summed E-state index contributed by atoms with van der Waals surface area (Å²) in [5.41, 5.74) is 0.683. The average Bonchev–Trinajstić information content (AvgIpc) is 2.93. The summed E-state index contributed by atoms with van der Waals surface area (Å²) in [7, 11) is 1.87. The number of amides is 2. The van der Waals surface area contributed by atoms with E-state index in [1.54, 1.807) is 0 Å². The van der Waals surface area contributed by atoms with E-state index in [1.165, 1.54) is 0 Å². The van der Waals surface area contributed by atoms with E-state index in [-0.39, 0.29) is 30.2 Å². The predicted molar refractivity (Wildman–Crippen MR) is 86.6 cm³/mol. The molecule has 1 aromatic heterocycles. The Morgan fingerprint density at radius 1 is 1.35 bits per heavy atom. The van der Waals surface area contributed by atoms with Crippen LogP contribution >= 0.6 is 0 Å². The van der Waals surface area contributed by atoms with Gasteiger partial charge >= 0.3 is 0 Å². The van der Waals surface area contributed by atoms with Gasteiger partial charge in [0.1, 0.15) is 12.0 Å². The molecule has 7 heteroatoms. The number of aromatic nitrogens is 1. The number of aryl methyl sites for hydroxylation is 1. The number of nitrogens with zero attached hydrogens (tertiary/aromatic N) is 2. The van der Waals surface area contributed by atoms with E-state index in [4.69, 9.17) is 0 Å². The molecule has 2 aliphatic heterocycles. The monoisotopic (exact) mass is 319 g/mol. The summed E-state index contributed by atoms with van der Waals surface area (Å²) in [6.45, 7) is 3.73. The second-order valence-corrected chi connectivity index (χ2v) is 6.53. The lowest BCUT2D eigenvalue weighted by molar-refractivity contribution is -0.127. The highest BCUT2D eigenvalue weighted by Gasteiger charge is 2.30. The predicted octanol–water partition coefficient (Wildman–Crippen LogP) is 0.000900. The van der Waals surface area contributed by atoms with Crippen molar-refractivity contribution in [3.05, 3.63) is 24.0 Å². The summed E-state index contributed by atoms with van der Waals surface area (Å²) >= 11 is 0. The van der Waals surface area contributed by atoms with Crippen molar-refractivity contribution in [1.29, 1.82) is 0 Å². The maximum absolute atomic E-state index is 12.2. The second kappa shape index (κ2) is 6.72. The lowest BCUT2D eigenvalue weighted by Crippen LogP contribution is -2.65. The fraction of sp³-hybridized carbons (Fsp3) is 0.625. The number of hydrogen-bond donors (Lipinski definition) is 3. The normalized spacial score (nSPS) is 26.8. The third-order valence-corrected chi connectivity index (χ3v) is 4.64. The summed E-state index contributed by atoms with van der Waals surface area (Å²) in [5, 5.41) is 9.50. The Kier molecular flexibility index (Phi) is 4.68. The first-order chi connectivity index (χ1) is 11.0. The number of hydrogen-bond acceptors (Lipinski definition) is 4. The van der Waals surface area contributed by atoms with Crippen LogP contribution in [0.1, 0.15) is 36.7 Å². The van der Waals surface area contributed by atoms with Gasteiger partial charge in [-0.25, -0.2) is 0 Å². The van der Waals surface area contributed by atoms with Gasteiger partial charge in [0, 0.05) is 44.8 Å². The minimum Gasteiger partial charge on any atom is -0.348 e. The Labute approximate surface area is 136 Å². The highest BCUT2D eigenvalue weighted by atomic mass is 16.2. The topological polar surface area (TPSA) is 78.4 Å². The molecule has 0 aromatic carbocycles. The van der Waals surface area contributed by atoms with Crippen molar-refractivity contribution in [2.45, 2.75) is 44.6 Å². The van der Waals surface area contributed by atoms with Gasteiger partial charge < -0.3 is 15.2 Å². The summed E-state index contributed by atoms with van der Waals surface area (Å²) in [6.07, 6.45) is 4.09. The van der Waals surface area contributed by atoms with Gasteiger partial charge in [-0.2, -0.15) is 0 Å². The zero-order valence-electron chi connectivity index (χ0n) is 13.7. The zero-order valence-corrected chi connectivity index (χ0v) is 13.7. The van der Waals surface area contributed by atoms with E-state index in [0.29, 0.717) is 12.1 Å². The Morgan fingerprint density at radius 2 is 2.09 bits per heavy atom. The van der Waals surface area contributed by atoms with Crippen LogP contribution in [0, 0.1) is 0 Å². The fourth-order valence-corrected chi connectivity index (χ4v) is 3.31. The van der Waals surface area contributed by atoms with E-state index in [1.807, 2.05) is 36.9 Å². The molecule has 3 rings (SSSR count). The molecule has 2 unspecified atom stereocenters. The molecule has 23 heavy (non-hydrogen) atoms. The molecule has 0 spiro atoms. The van der Waals surface area contributed by atoms with Crippen molar-refractivity contribution in [2.75, 3.05) is 13.1 Å². The SMILES string of the molecule is CC1CC(=O)NC(N2CCC(NC(=O)c3cccn3C)CC2)N1. The number of nitrogens with one attached hydrogen (secondary N) is 3. The van der Waals surface area contributed by atoms with E-state index in [2.05, 4.69) is 20.9 Å². The largest absolute Gasteiger partial charge is 0.348 e. The van der Waals surface area contributed by atoms with Gasteiger partial charge in [0.25, 0.3) is 5.91 Å². The summed E-state index contributed by atoms with van der Waals surface area (Å²) in [6, 6.07) is 4.08. The third-order valence-electron chi connectivity index (χ3n) is 4.64. The van der Waals surface area contributed by atoms with Crippen LogP contribution in [0.25, 0.3) is 0 Å². The van der Waals surface area contributed by atoms with E-state index in [9.17, 15) is 9.59 Å². The Balaban J connectivity index is 1.50. The maximum Gasteiger partial charge on any atom is 0.268 e. The number of likely N-dealkylation sites (tertiary alicyclic amines) is 1. The molecule has 0 saturated carbocycles. The van der Waals surface area contributed by atoms with Crippen molar-refractivity contribution in [3.8, 4) is 0 Å². The molecule has 0 radical (unpaired) electrons. The molecule has 2 fully saturated rings. The maximum atomic E-state index is 12.2.